The van der Waals surface area contributed by atoms with Gasteiger partial charge in [-0.1, -0.05) is 25.1 Å². The van der Waals surface area contributed by atoms with E-state index >= 15 is 0 Å². The van der Waals surface area contributed by atoms with Crippen LogP contribution in [0.3, 0.4) is 0 Å². The molecule has 0 aliphatic rings. The molecule has 0 saturated heterocycles. The van der Waals surface area contributed by atoms with Gasteiger partial charge in [-0.15, -0.1) is 0 Å². The van der Waals surface area contributed by atoms with Crippen molar-refractivity contribution in [1.82, 2.24) is 4.98 Å². The van der Waals surface area contributed by atoms with E-state index in [1.54, 1.807) is 0 Å². The highest BCUT2D eigenvalue weighted by Gasteiger charge is 2.12. The van der Waals surface area contributed by atoms with Crippen molar-refractivity contribution in [3.05, 3.63) is 59.9 Å². The number of nitrogens with zero attached hydrogens (tertiary/aromatic N) is 2. The molecule has 0 unspecified atom stereocenters. The van der Waals surface area contributed by atoms with Crippen molar-refractivity contribution >= 4 is 5.69 Å². The van der Waals surface area contributed by atoms with Crippen LogP contribution < -0.4 is 4.90 Å². The molecule has 0 spiro atoms. The first kappa shape index (κ1) is 14.5. The minimum absolute atomic E-state index is 0.394. The van der Waals surface area contributed by atoms with E-state index in [4.69, 9.17) is 0 Å². The molecule has 1 aromatic heterocycles. The van der Waals surface area contributed by atoms with Crippen LogP contribution in [0.15, 0.2) is 48.8 Å². The number of likely N-dealkylation sites (N-methyl/N-ethyl adjacent to an activating group) is 1. The van der Waals surface area contributed by atoms with Crippen LogP contribution in [0.5, 0.6) is 0 Å². The van der Waals surface area contributed by atoms with Crippen LogP contribution in [0.25, 0.3) is 0 Å². The van der Waals surface area contributed by atoms with Crippen LogP contribution in [0.4, 0.5) is 5.69 Å². The standard InChI is InChI=1S/C17H22N2O/c1-3-17(20)15-6-4-5-7-16(15)19(2)13-10-14-8-11-18-12-9-14/h4-9,11-12,17,20H,3,10,13H2,1-2H3/t17-/m1/s1. The second kappa shape index (κ2) is 7.06. The lowest BCUT2D eigenvalue weighted by Crippen LogP contribution is -2.22. The van der Waals surface area contributed by atoms with Crippen LogP contribution in [-0.4, -0.2) is 23.7 Å². The quantitative estimate of drug-likeness (QED) is 0.875. The number of benzene rings is 1. The average molecular weight is 270 g/mol. The van der Waals surface area contributed by atoms with Crippen LogP contribution in [0, 0.1) is 0 Å². The minimum atomic E-state index is -0.394. The van der Waals surface area contributed by atoms with E-state index in [0.717, 1.165) is 30.6 Å². The summed E-state index contributed by atoms with van der Waals surface area (Å²) >= 11 is 0. The first-order valence-corrected chi connectivity index (χ1v) is 7.09. The minimum Gasteiger partial charge on any atom is -0.388 e. The number of hydrogen-bond donors (Lipinski definition) is 1. The largest absolute Gasteiger partial charge is 0.388 e. The number of aromatic nitrogens is 1. The summed E-state index contributed by atoms with van der Waals surface area (Å²) in [4.78, 5) is 6.24. The summed E-state index contributed by atoms with van der Waals surface area (Å²) in [5, 5.41) is 10.1. The van der Waals surface area contributed by atoms with Gasteiger partial charge in [0.25, 0.3) is 0 Å². The Labute approximate surface area is 120 Å². The van der Waals surface area contributed by atoms with Gasteiger partial charge in [0.15, 0.2) is 0 Å². The van der Waals surface area contributed by atoms with Crippen LogP contribution in [0.2, 0.25) is 0 Å². The molecule has 0 bridgehead atoms. The third-order valence-corrected chi connectivity index (χ3v) is 3.58. The molecule has 1 N–H and O–H groups in total. The highest BCUT2D eigenvalue weighted by molar-refractivity contribution is 5.54. The van der Waals surface area contributed by atoms with Crippen LogP contribution in [0.1, 0.15) is 30.6 Å². The fourth-order valence-corrected chi connectivity index (χ4v) is 2.30. The maximum atomic E-state index is 10.1. The Hall–Kier alpha value is -1.87. The molecule has 20 heavy (non-hydrogen) atoms. The number of hydrogen-bond acceptors (Lipinski definition) is 3. The van der Waals surface area contributed by atoms with Gasteiger partial charge in [0, 0.05) is 37.2 Å². The number of pyridine rings is 1. The van der Waals surface area contributed by atoms with E-state index < -0.39 is 6.10 Å². The van der Waals surface area contributed by atoms with E-state index in [-0.39, 0.29) is 0 Å². The van der Waals surface area contributed by atoms with E-state index in [9.17, 15) is 5.11 Å². The summed E-state index contributed by atoms with van der Waals surface area (Å²) in [5.41, 5.74) is 3.39. The molecular weight excluding hydrogens is 248 g/mol. The van der Waals surface area contributed by atoms with Crippen LogP contribution >= 0.6 is 0 Å². The molecule has 3 heteroatoms. The highest BCUT2D eigenvalue weighted by atomic mass is 16.3. The summed E-state index contributed by atoms with van der Waals surface area (Å²) in [6.45, 7) is 2.91. The van der Waals surface area contributed by atoms with Crippen molar-refractivity contribution in [2.24, 2.45) is 0 Å². The van der Waals surface area contributed by atoms with Gasteiger partial charge in [0.1, 0.15) is 0 Å². The van der Waals surface area contributed by atoms with Gasteiger partial charge in [-0.2, -0.15) is 0 Å². The molecule has 0 aliphatic carbocycles. The van der Waals surface area contributed by atoms with Gasteiger partial charge in [0.05, 0.1) is 6.10 Å². The lowest BCUT2D eigenvalue weighted by molar-refractivity contribution is 0.174. The third-order valence-electron chi connectivity index (χ3n) is 3.58. The molecule has 2 rings (SSSR count). The predicted molar refractivity (Wildman–Crippen MR) is 82.9 cm³/mol. The van der Waals surface area contributed by atoms with Crippen molar-refractivity contribution in [2.75, 3.05) is 18.5 Å². The fraction of sp³-hybridized carbons (Fsp3) is 0.353. The molecule has 1 aromatic carbocycles. The fourth-order valence-electron chi connectivity index (χ4n) is 2.30. The van der Waals surface area contributed by atoms with Gasteiger partial charge in [0.2, 0.25) is 0 Å². The predicted octanol–water partition coefficient (Wildman–Crippen LogP) is 3.20. The Morgan fingerprint density at radius 2 is 1.85 bits per heavy atom. The first-order valence-electron chi connectivity index (χ1n) is 7.09. The normalized spacial score (nSPS) is 12.2. The average Bonchev–Trinajstić information content (AvgIpc) is 2.52. The zero-order valence-electron chi connectivity index (χ0n) is 12.2. The molecule has 0 fully saturated rings. The van der Waals surface area contributed by atoms with Crippen molar-refractivity contribution in [3.63, 3.8) is 0 Å². The highest BCUT2D eigenvalue weighted by Crippen LogP contribution is 2.27. The molecule has 2 aromatic rings. The lowest BCUT2D eigenvalue weighted by atomic mass is 10.0. The summed E-state index contributed by atoms with van der Waals surface area (Å²) < 4.78 is 0. The number of aliphatic hydroxyl groups is 1. The van der Waals surface area contributed by atoms with Gasteiger partial charge in [-0.25, -0.2) is 0 Å². The molecule has 0 aliphatic heterocycles. The third kappa shape index (κ3) is 3.58. The molecular formula is C17H22N2O. The second-order valence-corrected chi connectivity index (χ2v) is 5.01. The molecule has 0 saturated carbocycles. The topological polar surface area (TPSA) is 36.4 Å². The summed E-state index contributed by atoms with van der Waals surface area (Å²) in [6.07, 6.45) is 4.95. The Morgan fingerprint density at radius 3 is 2.55 bits per heavy atom. The SMILES string of the molecule is CC[C@@H](O)c1ccccc1N(C)CCc1ccncc1. The zero-order chi connectivity index (χ0) is 14.4. The molecule has 1 heterocycles. The molecule has 3 nitrogen and oxygen atoms in total. The molecule has 0 radical (unpaired) electrons. The molecule has 0 amide bonds. The smallest absolute Gasteiger partial charge is 0.0807 e. The van der Waals surface area contributed by atoms with Crippen molar-refractivity contribution in [2.45, 2.75) is 25.9 Å². The zero-order valence-corrected chi connectivity index (χ0v) is 12.2. The summed E-state index contributed by atoms with van der Waals surface area (Å²) in [7, 11) is 2.07. The summed E-state index contributed by atoms with van der Waals surface area (Å²) in [6, 6.07) is 12.2. The lowest BCUT2D eigenvalue weighted by Gasteiger charge is -2.24. The van der Waals surface area contributed by atoms with Crippen molar-refractivity contribution in [3.8, 4) is 0 Å². The first-order chi connectivity index (χ1) is 9.72. The maximum absolute atomic E-state index is 10.1. The van der Waals surface area contributed by atoms with Crippen molar-refractivity contribution < 1.29 is 5.11 Å². The number of anilines is 1. The van der Waals surface area contributed by atoms with Gasteiger partial charge < -0.3 is 10.0 Å². The Balaban J connectivity index is 2.07. The molecule has 1 atom stereocenters. The van der Waals surface area contributed by atoms with Gasteiger partial charge in [-0.05, 0) is 36.6 Å². The maximum Gasteiger partial charge on any atom is 0.0807 e. The number of aliphatic hydroxyl groups excluding tert-OH is 1. The second-order valence-electron chi connectivity index (χ2n) is 5.01. The van der Waals surface area contributed by atoms with Gasteiger partial charge in [-0.3, -0.25) is 4.98 Å². The number of para-hydroxylation sites is 1. The number of rotatable bonds is 6. The summed E-state index contributed by atoms with van der Waals surface area (Å²) in [5.74, 6) is 0. The monoisotopic (exact) mass is 270 g/mol. The Morgan fingerprint density at radius 1 is 1.15 bits per heavy atom. The van der Waals surface area contributed by atoms with E-state index in [1.807, 2.05) is 49.6 Å². The van der Waals surface area contributed by atoms with Gasteiger partial charge >= 0.3 is 0 Å². The van der Waals surface area contributed by atoms with Crippen molar-refractivity contribution in [1.29, 1.82) is 0 Å². The molecule has 106 valence electrons. The van der Waals surface area contributed by atoms with Crippen LogP contribution in [-0.2, 0) is 6.42 Å². The Bertz CT molecular complexity index is 528. The van der Waals surface area contributed by atoms with E-state index in [0.29, 0.717) is 0 Å². The Kier molecular flexibility index (Phi) is 5.13. The van der Waals surface area contributed by atoms with E-state index in [1.165, 1.54) is 5.56 Å². The van der Waals surface area contributed by atoms with E-state index in [2.05, 4.69) is 23.0 Å².